The van der Waals surface area contributed by atoms with Crippen LogP contribution >= 0.6 is 21.6 Å². The summed E-state index contributed by atoms with van der Waals surface area (Å²) in [5, 5.41) is 9.56. The van der Waals surface area contributed by atoms with Crippen molar-refractivity contribution in [2.45, 2.75) is 43.0 Å². The zero-order valence-corrected chi connectivity index (χ0v) is 16.0. The van der Waals surface area contributed by atoms with Crippen LogP contribution in [0.25, 0.3) is 0 Å². The molecule has 27 heavy (non-hydrogen) atoms. The van der Waals surface area contributed by atoms with Crippen molar-refractivity contribution in [2.24, 2.45) is 11.5 Å². The fourth-order valence-corrected chi connectivity index (χ4v) is 5.45. The minimum Gasteiger partial charge on any atom is -0.480 e. The number of aliphatic carboxylic acids is 1. The third kappa shape index (κ3) is 4.45. The van der Waals surface area contributed by atoms with Gasteiger partial charge in [-0.2, -0.15) is 0 Å². The molecule has 0 fully saturated rings. The van der Waals surface area contributed by atoms with Crippen molar-refractivity contribution in [1.29, 1.82) is 0 Å². The van der Waals surface area contributed by atoms with Crippen molar-refractivity contribution in [3.05, 3.63) is 46.8 Å². The summed E-state index contributed by atoms with van der Waals surface area (Å²) >= 11 is 0. The maximum Gasteiger partial charge on any atom is 0.321 e. The number of carboxylic acid groups (broad SMARTS) is 1. The fraction of sp³-hybridized carbons (Fsp3) is 0.412. The van der Waals surface area contributed by atoms with Crippen LogP contribution < -0.4 is 11.5 Å². The molecular formula is C17H20F2N4O2S2. The molecule has 0 saturated heterocycles. The van der Waals surface area contributed by atoms with E-state index in [1.165, 1.54) is 27.7 Å². The Hall–Kier alpha value is -1.62. The molecular weight excluding hydrogens is 394 g/mol. The van der Waals surface area contributed by atoms with Crippen LogP contribution in [0.2, 0.25) is 0 Å². The minimum atomic E-state index is -1.05. The highest BCUT2D eigenvalue weighted by molar-refractivity contribution is 8.76. The van der Waals surface area contributed by atoms with Gasteiger partial charge in [0.25, 0.3) is 0 Å². The van der Waals surface area contributed by atoms with E-state index in [9.17, 15) is 13.6 Å². The third-order valence-corrected chi connectivity index (χ3v) is 6.82. The first-order valence-corrected chi connectivity index (χ1v) is 10.7. The first kappa shape index (κ1) is 20.1. The summed E-state index contributed by atoms with van der Waals surface area (Å²) in [4.78, 5) is 15.2. The van der Waals surface area contributed by atoms with Crippen LogP contribution in [-0.2, 0) is 24.2 Å². The molecule has 6 nitrogen and oxygen atoms in total. The van der Waals surface area contributed by atoms with Gasteiger partial charge in [0.1, 0.15) is 17.7 Å². The Kier molecular flexibility index (Phi) is 6.40. The van der Waals surface area contributed by atoms with Crippen LogP contribution in [-0.4, -0.2) is 32.4 Å². The molecule has 146 valence electrons. The predicted molar refractivity (Wildman–Crippen MR) is 101 cm³/mol. The third-order valence-electron chi connectivity index (χ3n) is 4.55. The van der Waals surface area contributed by atoms with Gasteiger partial charge in [-0.25, -0.2) is 13.8 Å². The lowest BCUT2D eigenvalue weighted by molar-refractivity contribution is -0.137. The number of carbonyl (C=O) groups is 1. The van der Waals surface area contributed by atoms with Crippen molar-refractivity contribution >= 4 is 27.6 Å². The minimum absolute atomic E-state index is 0.0176. The molecule has 1 heterocycles. The van der Waals surface area contributed by atoms with Gasteiger partial charge >= 0.3 is 5.97 Å². The van der Waals surface area contributed by atoms with E-state index in [1.54, 1.807) is 6.20 Å². The first-order valence-electron chi connectivity index (χ1n) is 8.41. The first-order chi connectivity index (χ1) is 12.9. The molecule has 1 aliphatic carbocycles. The standard InChI is InChI=1S/C17H20F2N4O2S2/c18-10-3-9-4-11(1-2-13(9)14(19)5-10)23-12(6-20)7-22-17(23)27-26-8-15(21)16(24)25/h3,5,7,11,15H,1-2,4,6,8,20-21H2,(H,24,25). The lowest BCUT2D eigenvalue weighted by Gasteiger charge is -2.28. The van der Waals surface area contributed by atoms with E-state index in [1.807, 2.05) is 4.57 Å². The number of hydrogen-bond donors (Lipinski definition) is 3. The van der Waals surface area contributed by atoms with Crippen LogP contribution in [0.1, 0.15) is 29.3 Å². The molecule has 0 aliphatic heterocycles. The monoisotopic (exact) mass is 414 g/mol. The van der Waals surface area contributed by atoms with Gasteiger partial charge in [-0.1, -0.05) is 10.8 Å². The predicted octanol–water partition coefficient (Wildman–Crippen LogP) is 2.50. The van der Waals surface area contributed by atoms with Gasteiger partial charge in [-0.3, -0.25) is 4.79 Å². The van der Waals surface area contributed by atoms with E-state index in [0.717, 1.165) is 11.8 Å². The maximum absolute atomic E-state index is 14.0. The van der Waals surface area contributed by atoms with E-state index < -0.39 is 23.6 Å². The largest absolute Gasteiger partial charge is 0.480 e. The molecule has 0 radical (unpaired) electrons. The Labute approximate surface area is 163 Å². The number of rotatable bonds is 7. The average molecular weight is 415 g/mol. The summed E-state index contributed by atoms with van der Waals surface area (Å²) < 4.78 is 29.6. The van der Waals surface area contributed by atoms with Crippen molar-refractivity contribution < 1.29 is 18.7 Å². The topological polar surface area (TPSA) is 107 Å². The molecule has 1 aromatic heterocycles. The van der Waals surface area contributed by atoms with Gasteiger partial charge < -0.3 is 21.1 Å². The second-order valence-corrected chi connectivity index (χ2v) is 8.65. The molecule has 2 unspecified atom stereocenters. The summed E-state index contributed by atoms with van der Waals surface area (Å²) in [5.41, 5.74) is 13.4. The zero-order chi connectivity index (χ0) is 19.6. The van der Waals surface area contributed by atoms with Crippen molar-refractivity contribution in [2.75, 3.05) is 5.75 Å². The molecule has 0 saturated carbocycles. The average Bonchev–Trinajstić information content (AvgIpc) is 3.03. The van der Waals surface area contributed by atoms with Gasteiger partial charge in [-0.05, 0) is 47.2 Å². The Bertz CT molecular complexity index is 847. The number of fused-ring (bicyclic) bond motifs is 1. The fourth-order valence-electron chi connectivity index (χ4n) is 3.22. The van der Waals surface area contributed by atoms with Gasteiger partial charge in [0.15, 0.2) is 5.16 Å². The molecule has 2 aromatic rings. The lowest BCUT2D eigenvalue weighted by Crippen LogP contribution is -2.32. The van der Waals surface area contributed by atoms with Gasteiger partial charge in [0, 0.05) is 24.4 Å². The van der Waals surface area contributed by atoms with Crippen LogP contribution in [0, 0.1) is 11.6 Å². The van der Waals surface area contributed by atoms with Gasteiger partial charge in [-0.15, -0.1) is 0 Å². The molecule has 1 aliphatic rings. The van der Waals surface area contributed by atoms with Crippen molar-refractivity contribution in [3.8, 4) is 0 Å². The van der Waals surface area contributed by atoms with Crippen molar-refractivity contribution in [1.82, 2.24) is 9.55 Å². The molecule has 0 spiro atoms. The summed E-state index contributed by atoms with van der Waals surface area (Å²) in [7, 11) is 2.63. The molecule has 1 aromatic carbocycles. The molecule has 5 N–H and O–H groups in total. The molecule has 3 rings (SSSR count). The van der Waals surface area contributed by atoms with E-state index in [-0.39, 0.29) is 18.3 Å². The lowest BCUT2D eigenvalue weighted by atomic mass is 9.87. The molecule has 10 heteroatoms. The SMILES string of the molecule is NCc1cnc(SSCC(N)C(=O)O)n1C1CCc2c(F)cc(F)cc2C1. The summed E-state index contributed by atoms with van der Waals surface area (Å²) in [6.45, 7) is 0.285. The number of nitrogens with zero attached hydrogens (tertiary/aromatic N) is 2. The number of benzene rings is 1. The van der Waals surface area contributed by atoms with E-state index in [4.69, 9.17) is 16.6 Å². The second-order valence-electron chi connectivity index (χ2n) is 6.34. The van der Waals surface area contributed by atoms with E-state index in [0.29, 0.717) is 35.5 Å². The molecule has 0 bridgehead atoms. The maximum atomic E-state index is 14.0. The van der Waals surface area contributed by atoms with Crippen LogP contribution in [0.3, 0.4) is 0 Å². The number of nitrogens with two attached hydrogens (primary N) is 2. The number of imidazole rings is 1. The highest BCUT2D eigenvalue weighted by atomic mass is 33.1. The van der Waals surface area contributed by atoms with E-state index in [2.05, 4.69) is 4.98 Å². The van der Waals surface area contributed by atoms with Gasteiger partial charge in [0.05, 0.1) is 11.9 Å². The number of carboxylic acids is 1. The molecule has 0 amide bonds. The van der Waals surface area contributed by atoms with Crippen LogP contribution in [0.5, 0.6) is 0 Å². The zero-order valence-electron chi connectivity index (χ0n) is 14.4. The smallest absolute Gasteiger partial charge is 0.321 e. The number of aromatic nitrogens is 2. The molecule has 2 atom stereocenters. The number of halogens is 2. The normalized spacial score (nSPS) is 17.6. The second kappa shape index (κ2) is 8.59. The Balaban J connectivity index is 1.79. The quantitative estimate of drug-likeness (QED) is 0.598. The Morgan fingerprint density at radius 3 is 2.93 bits per heavy atom. The summed E-state index contributed by atoms with van der Waals surface area (Å²) in [6.07, 6.45) is 3.36. The van der Waals surface area contributed by atoms with Crippen LogP contribution in [0.15, 0.2) is 23.5 Å². The van der Waals surface area contributed by atoms with E-state index >= 15 is 0 Å². The van der Waals surface area contributed by atoms with Gasteiger partial charge in [0.2, 0.25) is 0 Å². The number of hydrogen-bond acceptors (Lipinski definition) is 6. The summed E-state index contributed by atoms with van der Waals surface area (Å²) in [6, 6.07) is 1.34. The Morgan fingerprint density at radius 2 is 2.22 bits per heavy atom. The van der Waals surface area contributed by atoms with Crippen molar-refractivity contribution in [3.63, 3.8) is 0 Å². The highest BCUT2D eigenvalue weighted by Gasteiger charge is 2.27. The van der Waals surface area contributed by atoms with Crippen LogP contribution in [0.4, 0.5) is 8.78 Å². The summed E-state index contributed by atoms with van der Waals surface area (Å²) in [5.74, 6) is -1.90. The Morgan fingerprint density at radius 1 is 1.44 bits per heavy atom. The highest BCUT2D eigenvalue weighted by Crippen LogP contribution is 2.37.